The number of hydrogen-bond donors (Lipinski definition) is 1. The average molecular weight is 406 g/mol. The molecule has 0 spiro atoms. The van der Waals surface area contributed by atoms with Crippen LogP contribution >= 0.6 is 11.8 Å². The Morgan fingerprint density at radius 3 is 2.56 bits per heavy atom. The summed E-state index contributed by atoms with van der Waals surface area (Å²) in [6, 6.07) is 6.56. The maximum absolute atomic E-state index is 12.7. The van der Waals surface area contributed by atoms with Crippen LogP contribution in [0.5, 0.6) is 0 Å². The van der Waals surface area contributed by atoms with Gasteiger partial charge < -0.3 is 10.2 Å². The standard InChI is InChI=1S/C16H18N6O3S2/c1-21(2)15-18-14(19-16(20-15)26-4)17-9-12-13(23)10-7-5-6-8-11(10)22(3)27(12,24)25/h5-9H,1-4H3,(H,17,18,19,20)/b12-9-. The predicted molar refractivity (Wildman–Crippen MR) is 106 cm³/mol. The molecule has 0 saturated heterocycles. The first-order valence-corrected chi connectivity index (χ1v) is 10.5. The number of rotatable bonds is 4. The molecule has 0 amide bonds. The van der Waals surface area contributed by atoms with E-state index in [0.29, 0.717) is 22.4 Å². The Hall–Kier alpha value is -2.66. The maximum atomic E-state index is 12.7. The van der Waals surface area contributed by atoms with Gasteiger partial charge in [0.05, 0.1) is 5.69 Å². The fourth-order valence-corrected chi connectivity index (χ4v) is 4.05. The summed E-state index contributed by atoms with van der Waals surface area (Å²) >= 11 is 1.32. The van der Waals surface area contributed by atoms with Crippen LogP contribution in [0.15, 0.2) is 40.5 Å². The smallest absolute Gasteiger partial charge is 0.269 e. The highest BCUT2D eigenvalue weighted by Gasteiger charge is 2.37. The summed E-state index contributed by atoms with van der Waals surface area (Å²) < 4.78 is 26.6. The predicted octanol–water partition coefficient (Wildman–Crippen LogP) is 1.58. The molecule has 0 atom stereocenters. The van der Waals surface area contributed by atoms with Crippen molar-refractivity contribution < 1.29 is 13.2 Å². The van der Waals surface area contributed by atoms with Gasteiger partial charge in [0.2, 0.25) is 17.7 Å². The number of carbonyl (C=O) groups is 1. The van der Waals surface area contributed by atoms with Gasteiger partial charge in [-0.15, -0.1) is 0 Å². The van der Waals surface area contributed by atoms with Crippen LogP contribution in [-0.4, -0.2) is 56.6 Å². The van der Waals surface area contributed by atoms with Crippen molar-refractivity contribution in [2.75, 3.05) is 41.9 Å². The van der Waals surface area contributed by atoms with Crippen LogP contribution in [-0.2, 0) is 10.0 Å². The highest BCUT2D eigenvalue weighted by Crippen LogP contribution is 2.33. The molecule has 1 aromatic heterocycles. The number of para-hydroxylation sites is 1. The maximum Gasteiger partial charge on any atom is 0.269 e. The second kappa shape index (κ2) is 7.16. The monoisotopic (exact) mass is 406 g/mol. The van der Waals surface area contributed by atoms with Gasteiger partial charge in [-0.25, -0.2) is 8.42 Å². The van der Waals surface area contributed by atoms with Crippen LogP contribution in [0.2, 0.25) is 0 Å². The Morgan fingerprint density at radius 1 is 1.19 bits per heavy atom. The van der Waals surface area contributed by atoms with Crippen LogP contribution in [0.25, 0.3) is 0 Å². The molecule has 0 unspecified atom stereocenters. The number of benzene rings is 1. The Morgan fingerprint density at radius 2 is 1.89 bits per heavy atom. The fourth-order valence-electron chi connectivity index (χ4n) is 2.44. The van der Waals surface area contributed by atoms with Gasteiger partial charge in [-0.3, -0.25) is 9.10 Å². The number of anilines is 3. The minimum atomic E-state index is -3.98. The number of allylic oxidation sites excluding steroid dienone is 1. The molecule has 0 bridgehead atoms. The van der Waals surface area contributed by atoms with Gasteiger partial charge in [-0.05, 0) is 18.4 Å². The minimum absolute atomic E-state index is 0.148. The molecule has 27 heavy (non-hydrogen) atoms. The van der Waals surface area contributed by atoms with E-state index < -0.39 is 15.8 Å². The molecule has 11 heteroatoms. The van der Waals surface area contributed by atoms with Crippen LogP contribution in [0.4, 0.5) is 17.6 Å². The van der Waals surface area contributed by atoms with Crippen LogP contribution in [0.1, 0.15) is 10.4 Å². The first kappa shape index (κ1) is 19.1. The summed E-state index contributed by atoms with van der Waals surface area (Å²) in [6.45, 7) is 0. The van der Waals surface area contributed by atoms with Gasteiger partial charge in [0.1, 0.15) is 0 Å². The van der Waals surface area contributed by atoms with E-state index in [-0.39, 0.29) is 10.9 Å². The fraction of sp³-hybridized carbons (Fsp3) is 0.250. The molecular weight excluding hydrogens is 388 g/mol. The van der Waals surface area contributed by atoms with E-state index in [9.17, 15) is 13.2 Å². The number of hydrogen-bond acceptors (Lipinski definition) is 9. The van der Waals surface area contributed by atoms with E-state index in [0.717, 1.165) is 10.5 Å². The van der Waals surface area contributed by atoms with Crippen molar-refractivity contribution in [1.82, 2.24) is 15.0 Å². The topological polar surface area (TPSA) is 108 Å². The highest BCUT2D eigenvalue weighted by atomic mass is 32.2. The van der Waals surface area contributed by atoms with Crippen LogP contribution < -0.4 is 14.5 Å². The normalized spacial score (nSPS) is 17.0. The third-order valence-electron chi connectivity index (χ3n) is 3.87. The number of fused-ring (bicyclic) bond motifs is 1. The largest absolute Gasteiger partial charge is 0.347 e. The second-order valence-electron chi connectivity index (χ2n) is 5.81. The third kappa shape index (κ3) is 3.47. The van der Waals surface area contributed by atoms with Gasteiger partial charge in [0.25, 0.3) is 10.0 Å². The second-order valence-corrected chi connectivity index (χ2v) is 8.52. The number of thioether (sulfide) groups is 1. The van der Waals surface area contributed by atoms with E-state index >= 15 is 0 Å². The Labute approximate surface area is 161 Å². The van der Waals surface area contributed by atoms with Gasteiger partial charge in [-0.2, -0.15) is 15.0 Å². The van der Waals surface area contributed by atoms with Crippen molar-refractivity contribution >= 4 is 45.2 Å². The van der Waals surface area contributed by atoms with Crippen molar-refractivity contribution in [2.24, 2.45) is 0 Å². The molecule has 1 N–H and O–H groups in total. The Balaban J connectivity index is 2.03. The zero-order valence-electron chi connectivity index (χ0n) is 15.2. The number of aromatic nitrogens is 3. The number of ketones is 1. The highest BCUT2D eigenvalue weighted by molar-refractivity contribution is 7.98. The van der Waals surface area contributed by atoms with E-state index in [4.69, 9.17) is 0 Å². The molecule has 1 aromatic carbocycles. The SMILES string of the molecule is CSc1nc(N/C=C2/C(=O)c3ccccc3N(C)S2(=O)=O)nc(N(C)C)n1. The molecule has 1 aliphatic rings. The molecule has 0 radical (unpaired) electrons. The lowest BCUT2D eigenvalue weighted by Crippen LogP contribution is -2.36. The molecule has 142 valence electrons. The quantitative estimate of drug-likeness (QED) is 0.598. The molecule has 0 fully saturated rings. The molecule has 2 heterocycles. The van der Waals surface area contributed by atoms with Gasteiger partial charge in [-0.1, -0.05) is 23.9 Å². The van der Waals surface area contributed by atoms with Crippen molar-refractivity contribution in [2.45, 2.75) is 5.16 Å². The summed E-state index contributed by atoms with van der Waals surface area (Å²) in [7, 11) is 0.989. The lowest BCUT2D eigenvalue weighted by molar-refractivity contribution is 0.104. The summed E-state index contributed by atoms with van der Waals surface area (Å²) in [6.07, 6.45) is 2.95. The summed E-state index contributed by atoms with van der Waals surface area (Å²) in [4.78, 5) is 26.7. The zero-order valence-corrected chi connectivity index (χ0v) is 16.8. The minimum Gasteiger partial charge on any atom is -0.347 e. The number of Topliss-reactive ketones (excluding diaryl/α,β-unsaturated/α-hetero) is 1. The molecular formula is C16H18N6O3S2. The van der Waals surface area contributed by atoms with Crippen LogP contribution in [0, 0.1) is 0 Å². The van der Waals surface area contributed by atoms with Crippen molar-refractivity contribution in [3.05, 3.63) is 40.9 Å². The molecule has 9 nitrogen and oxygen atoms in total. The van der Waals surface area contributed by atoms with E-state index in [1.807, 2.05) is 6.26 Å². The third-order valence-corrected chi connectivity index (χ3v) is 6.19. The van der Waals surface area contributed by atoms with E-state index in [1.165, 1.54) is 18.8 Å². The van der Waals surface area contributed by atoms with Crippen molar-refractivity contribution in [3.63, 3.8) is 0 Å². The van der Waals surface area contributed by atoms with E-state index in [2.05, 4.69) is 20.3 Å². The lowest BCUT2D eigenvalue weighted by atomic mass is 10.1. The van der Waals surface area contributed by atoms with Crippen molar-refractivity contribution in [3.8, 4) is 0 Å². The summed E-state index contributed by atoms with van der Waals surface area (Å²) in [5.74, 6) is -0.0196. The number of nitrogens with zero attached hydrogens (tertiary/aromatic N) is 5. The molecule has 2 aromatic rings. The number of nitrogens with one attached hydrogen (secondary N) is 1. The Kier molecular flexibility index (Phi) is 5.07. The first-order valence-electron chi connectivity index (χ1n) is 7.82. The molecule has 0 aliphatic carbocycles. The molecule has 0 saturated carbocycles. The van der Waals surface area contributed by atoms with Gasteiger partial charge >= 0.3 is 0 Å². The molecule has 3 rings (SSSR count). The van der Waals surface area contributed by atoms with E-state index in [1.54, 1.807) is 43.3 Å². The average Bonchev–Trinajstić information content (AvgIpc) is 2.65. The zero-order chi connectivity index (χ0) is 19.8. The lowest BCUT2D eigenvalue weighted by Gasteiger charge is -2.27. The summed E-state index contributed by atoms with van der Waals surface area (Å²) in [5, 5.41) is 3.20. The molecule has 1 aliphatic heterocycles. The first-order chi connectivity index (χ1) is 12.8. The van der Waals surface area contributed by atoms with Gasteiger partial charge in [0.15, 0.2) is 10.1 Å². The summed E-state index contributed by atoms with van der Waals surface area (Å²) in [5.41, 5.74) is 0.664. The van der Waals surface area contributed by atoms with Crippen molar-refractivity contribution in [1.29, 1.82) is 0 Å². The van der Waals surface area contributed by atoms with Crippen LogP contribution in [0.3, 0.4) is 0 Å². The number of sulfonamides is 1. The number of carbonyl (C=O) groups excluding carboxylic acids is 1. The van der Waals surface area contributed by atoms with Gasteiger partial charge in [0, 0.05) is 32.9 Å². The Bertz CT molecular complexity index is 1040.